The summed E-state index contributed by atoms with van der Waals surface area (Å²) in [6, 6.07) is 14.3. The molecule has 0 aliphatic carbocycles. The highest BCUT2D eigenvalue weighted by atomic mass is 16.5. The molecule has 0 aliphatic rings. The molecule has 1 heterocycles. The van der Waals surface area contributed by atoms with Crippen LogP contribution in [-0.2, 0) is 6.42 Å². The zero-order valence-corrected chi connectivity index (χ0v) is 16.1. The number of aromatic amines is 1. The van der Waals surface area contributed by atoms with Crippen LogP contribution in [-0.4, -0.2) is 40.0 Å². The predicted octanol–water partition coefficient (Wildman–Crippen LogP) is 3.10. The minimum absolute atomic E-state index is 0.0999. The largest absolute Gasteiger partial charge is 0.508 e. The molecule has 0 bridgehead atoms. The zero-order chi connectivity index (χ0) is 20.1. The summed E-state index contributed by atoms with van der Waals surface area (Å²) < 4.78 is 5.59. The molecule has 3 aromatic rings. The maximum absolute atomic E-state index is 10.3. The second-order valence-electron chi connectivity index (χ2n) is 7.56. The number of benzene rings is 2. The van der Waals surface area contributed by atoms with Gasteiger partial charge in [-0.2, -0.15) is 5.26 Å². The maximum atomic E-state index is 10.3. The lowest BCUT2D eigenvalue weighted by Crippen LogP contribution is -2.46. The minimum atomic E-state index is -0.710. The average Bonchev–Trinajstić information content (AvgIpc) is 3.06. The van der Waals surface area contributed by atoms with Crippen LogP contribution in [0.15, 0.2) is 48.7 Å². The standard InChI is InChI=1S/C22H25N3O3/c1-22(2,10-16-12-24-20-8-7-17(26)9-19(16)20)25-13-18(27)14-28-21-6-4-3-5-15(21)11-23/h3-9,12,18,24-27H,10,13-14H2,1-2H3. The first-order chi connectivity index (χ1) is 13.4. The lowest BCUT2D eigenvalue weighted by Gasteiger charge is -2.28. The molecule has 0 saturated carbocycles. The zero-order valence-electron chi connectivity index (χ0n) is 16.1. The number of hydrogen-bond donors (Lipinski definition) is 4. The van der Waals surface area contributed by atoms with Gasteiger partial charge in [-0.05, 0) is 56.2 Å². The number of aliphatic hydroxyl groups is 1. The molecule has 0 amide bonds. The van der Waals surface area contributed by atoms with E-state index in [0.29, 0.717) is 17.9 Å². The second-order valence-corrected chi connectivity index (χ2v) is 7.56. The number of phenolic OH excluding ortho intramolecular Hbond substituents is 1. The number of rotatable bonds is 8. The summed E-state index contributed by atoms with van der Waals surface area (Å²) in [5, 5.41) is 33.5. The molecular formula is C22H25N3O3. The van der Waals surface area contributed by atoms with E-state index in [-0.39, 0.29) is 17.9 Å². The number of fused-ring (bicyclic) bond motifs is 1. The summed E-state index contributed by atoms with van der Waals surface area (Å²) >= 11 is 0. The Hall–Kier alpha value is -3.01. The van der Waals surface area contributed by atoms with Crippen molar-refractivity contribution >= 4 is 10.9 Å². The molecule has 6 heteroatoms. The number of phenols is 1. The first-order valence-electron chi connectivity index (χ1n) is 9.22. The quantitative estimate of drug-likeness (QED) is 0.482. The fraction of sp³-hybridized carbons (Fsp3) is 0.318. The number of para-hydroxylation sites is 1. The second kappa shape index (κ2) is 8.34. The molecule has 4 N–H and O–H groups in total. The number of aromatic hydroxyl groups is 1. The van der Waals surface area contributed by atoms with Crippen molar-refractivity contribution in [3.05, 3.63) is 59.8 Å². The molecule has 1 unspecified atom stereocenters. The van der Waals surface area contributed by atoms with Gasteiger partial charge in [0.05, 0.1) is 5.56 Å². The molecule has 0 radical (unpaired) electrons. The number of β-amino-alcohol motifs (C(OH)–C–C–N with tert-alkyl or cyclic N) is 1. The van der Waals surface area contributed by atoms with Crippen molar-refractivity contribution in [2.75, 3.05) is 13.2 Å². The number of ether oxygens (including phenoxy) is 1. The van der Waals surface area contributed by atoms with E-state index in [2.05, 4.69) is 30.2 Å². The summed E-state index contributed by atoms with van der Waals surface area (Å²) in [5.41, 5.74) is 2.25. The molecule has 6 nitrogen and oxygen atoms in total. The third kappa shape index (κ3) is 4.83. The van der Waals surface area contributed by atoms with Crippen molar-refractivity contribution in [2.24, 2.45) is 0 Å². The maximum Gasteiger partial charge on any atom is 0.137 e. The van der Waals surface area contributed by atoms with Crippen LogP contribution in [0.3, 0.4) is 0 Å². The topological polar surface area (TPSA) is 101 Å². The molecule has 0 saturated heterocycles. The number of aromatic nitrogens is 1. The van der Waals surface area contributed by atoms with Crippen LogP contribution in [0.4, 0.5) is 0 Å². The number of nitrogens with one attached hydrogen (secondary N) is 2. The van der Waals surface area contributed by atoms with Crippen molar-refractivity contribution in [1.82, 2.24) is 10.3 Å². The lowest BCUT2D eigenvalue weighted by atomic mass is 9.94. The molecule has 28 heavy (non-hydrogen) atoms. The third-order valence-corrected chi connectivity index (χ3v) is 4.64. The Kier molecular flexibility index (Phi) is 5.88. The van der Waals surface area contributed by atoms with E-state index < -0.39 is 6.10 Å². The molecule has 146 valence electrons. The SMILES string of the molecule is CC(C)(Cc1c[nH]c2ccc(O)cc12)NCC(O)COc1ccccc1C#N. The molecule has 0 fully saturated rings. The van der Waals surface area contributed by atoms with Gasteiger partial charge >= 0.3 is 0 Å². The van der Waals surface area contributed by atoms with Crippen LogP contribution in [0, 0.1) is 11.3 Å². The van der Waals surface area contributed by atoms with Gasteiger partial charge in [0.15, 0.2) is 0 Å². The summed E-state index contributed by atoms with van der Waals surface area (Å²) in [6.07, 6.45) is 1.96. The highest BCUT2D eigenvalue weighted by molar-refractivity contribution is 5.84. The Balaban J connectivity index is 1.55. The van der Waals surface area contributed by atoms with Gasteiger partial charge in [-0.15, -0.1) is 0 Å². The van der Waals surface area contributed by atoms with Crippen molar-refractivity contribution in [2.45, 2.75) is 31.9 Å². The van der Waals surface area contributed by atoms with Gasteiger partial charge in [-0.3, -0.25) is 0 Å². The van der Waals surface area contributed by atoms with Crippen LogP contribution >= 0.6 is 0 Å². The van der Waals surface area contributed by atoms with Crippen LogP contribution < -0.4 is 10.1 Å². The monoisotopic (exact) mass is 379 g/mol. The van der Waals surface area contributed by atoms with Crippen LogP contribution in [0.2, 0.25) is 0 Å². The smallest absolute Gasteiger partial charge is 0.137 e. The number of H-pyrrole nitrogens is 1. The van der Waals surface area contributed by atoms with Gasteiger partial charge in [0, 0.05) is 29.2 Å². The van der Waals surface area contributed by atoms with Crippen molar-refractivity contribution in [1.29, 1.82) is 5.26 Å². The molecular weight excluding hydrogens is 354 g/mol. The van der Waals surface area contributed by atoms with E-state index >= 15 is 0 Å². The Morgan fingerprint density at radius 2 is 2.04 bits per heavy atom. The molecule has 0 aliphatic heterocycles. The first-order valence-corrected chi connectivity index (χ1v) is 9.22. The number of nitriles is 1. The Bertz CT molecular complexity index is 988. The van der Waals surface area contributed by atoms with E-state index in [1.165, 1.54) is 0 Å². The van der Waals surface area contributed by atoms with Gasteiger partial charge in [0.2, 0.25) is 0 Å². The first kappa shape index (κ1) is 19.7. The van der Waals surface area contributed by atoms with E-state index in [1.54, 1.807) is 36.4 Å². The van der Waals surface area contributed by atoms with Crippen molar-refractivity contribution in [3.8, 4) is 17.6 Å². The molecule has 0 spiro atoms. The predicted molar refractivity (Wildman–Crippen MR) is 108 cm³/mol. The van der Waals surface area contributed by atoms with Gasteiger partial charge in [-0.25, -0.2) is 0 Å². The number of hydrogen-bond acceptors (Lipinski definition) is 5. The summed E-state index contributed by atoms with van der Waals surface area (Å²) in [4.78, 5) is 3.22. The van der Waals surface area contributed by atoms with Crippen molar-refractivity contribution < 1.29 is 14.9 Å². The fourth-order valence-corrected chi connectivity index (χ4v) is 3.18. The van der Waals surface area contributed by atoms with E-state index in [9.17, 15) is 10.2 Å². The normalized spacial score (nSPS) is 12.6. The summed E-state index contributed by atoms with van der Waals surface area (Å²) in [7, 11) is 0. The highest BCUT2D eigenvalue weighted by Gasteiger charge is 2.21. The van der Waals surface area contributed by atoms with Crippen LogP contribution in [0.1, 0.15) is 25.0 Å². The van der Waals surface area contributed by atoms with Gasteiger partial charge in [-0.1, -0.05) is 12.1 Å². The fourth-order valence-electron chi connectivity index (χ4n) is 3.18. The number of aliphatic hydroxyl groups excluding tert-OH is 1. The van der Waals surface area contributed by atoms with Crippen molar-refractivity contribution in [3.63, 3.8) is 0 Å². The minimum Gasteiger partial charge on any atom is -0.508 e. The van der Waals surface area contributed by atoms with E-state index in [0.717, 1.165) is 22.9 Å². The van der Waals surface area contributed by atoms with Gasteiger partial charge in [0.25, 0.3) is 0 Å². The Morgan fingerprint density at radius 3 is 2.82 bits per heavy atom. The lowest BCUT2D eigenvalue weighted by molar-refractivity contribution is 0.0987. The average molecular weight is 379 g/mol. The van der Waals surface area contributed by atoms with Gasteiger partial charge in [0.1, 0.15) is 30.3 Å². The molecule has 1 aromatic heterocycles. The molecule has 2 aromatic carbocycles. The van der Waals surface area contributed by atoms with Crippen LogP contribution in [0.5, 0.6) is 11.5 Å². The Labute approximate surface area is 164 Å². The number of nitrogens with zero attached hydrogens (tertiary/aromatic N) is 1. The summed E-state index contributed by atoms with van der Waals surface area (Å²) in [6.45, 7) is 4.58. The Morgan fingerprint density at radius 1 is 1.25 bits per heavy atom. The molecule has 3 rings (SSSR count). The van der Waals surface area contributed by atoms with E-state index in [1.807, 2.05) is 12.3 Å². The van der Waals surface area contributed by atoms with Crippen LogP contribution in [0.25, 0.3) is 10.9 Å². The third-order valence-electron chi connectivity index (χ3n) is 4.64. The molecule has 1 atom stereocenters. The van der Waals surface area contributed by atoms with Gasteiger partial charge < -0.3 is 25.3 Å². The van der Waals surface area contributed by atoms with E-state index in [4.69, 9.17) is 10.00 Å². The highest BCUT2D eigenvalue weighted by Crippen LogP contribution is 2.26. The summed E-state index contributed by atoms with van der Waals surface area (Å²) in [5.74, 6) is 0.714.